The summed E-state index contributed by atoms with van der Waals surface area (Å²) < 4.78 is 2.51. The van der Waals surface area contributed by atoms with Crippen molar-refractivity contribution in [3.05, 3.63) is 51.2 Å². The number of benzene rings is 1. The standard InChI is InChI=1S/C13H13BrClN3O/c1-9-7-17-18(8-9)5-4-16-13(19)10-2-3-12(15)11(14)6-10/h2-3,6-8H,4-5H2,1H3,(H,16,19). The lowest BCUT2D eigenvalue weighted by molar-refractivity contribution is 0.0952. The Morgan fingerprint density at radius 3 is 2.95 bits per heavy atom. The Kier molecular flexibility index (Phi) is 4.61. The Morgan fingerprint density at radius 1 is 1.53 bits per heavy atom. The van der Waals surface area contributed by atoms with E-state index in [0.29, 0.717) is 28.1 Å². The molecule has 100 valence electrons. The molecule has 0 atom stereocenters. The number of carbonyl (C=O) groups is 1. The number of aryl methyl sites for hydroxylation is 1. The molecule has 19 heavy (non-hydrogen) atoms. The quantitative estimate of drug-likeness (QED) is 0.928. The van der Waals surface area contributed by atoms with Gasteiger partial charge in [-0.25, -0.2) is 0 Å². The van der Waals surface area contributed by atoms with Gasteiger partial charge < -0.3 is 5.32 Å². The third-order valence-corrected chi connectivity index (χ3v) is 3.78. The van der Waals surface area contributed by atoms with Crippen molar-refractivity contribution in [3.63, 3.8) is 0 Å². The Balaban J connectivity index is 1.89. The van der Waals surface area contributed by atoms with Gasteiger partial charge in [0.05, 0.1) is 17.8 Å². The number of hydrogen-bond acceptors (Lipinski definition) is 2. The maximum absolute atomic E-state index is 11.9. The van der Waals surface area contributed by atoms with Gasteiger partial charge in [-0.2, -0.15) is 5.10 Å². The van der Waals surface area contributed by atoms with Crippen molar-refractivity contribution in [2.75, 3.05) is 6.54 Å². The first-order valence-electron chi connectivity index (χ1n) is 5.78. The zero-order chi connectivity index (χ0) is 13.8. The highest BCUT2D eigenvalue weighted by Gasteiger charge is 2.07. The van der Waals surface area contributed by atoms with Crippen molar-refractivity contribution in [1.29, 1.82) is 0 Å². The molecule has 0 bridgehead atoms. The van der Waals surface area contributed by atoms with Crippen molar-refractivity contribution in [1.82, 2.24) is 15.1 Å². The zero-order valence-corrected chi connectivity index (χ0v) is 12.7. The monoisotopic (exact) mass is 341 g/mol. The van der Waals surface area contributed by atoms with Gasteiger partial charge in [0.25, 0.3) is 5.91 Å². The summed E-state index contributed by atoms with van der Waals surface area (Å²) in [5, 5.41) is 7.58. The van der Waals surface area contributed by atoms with Crippen molar-refractivity contribution >= 4 is 33.4 Å². The van der Waals surface area contributed by atoms with E-state index < -0.39 is 0 Å². The largest absolute Gasteiger partial charge is 0.350 e. The average molecular weight is 343 g/mol. The van der Waals surface area contributed by atoms with Crippen LogP contribution in [0, 0.1) is 6.92 Å². The van der Waals surface area contributed by atoms with Crippen LogP contribution in [0.1, 0.15) is 15.9 Å². The number of nitrogens with zero attached hydrogens (tertiary/aromatic N) is 2. The van der Waals surface area contributed by atoms with E-state index in [1.807, 2.05) is 13.1 Å². The molecule has 1 amide bonds. The van der Waals surface area contributed by atoms with E-state index in [9.17, 15) is 4.79 Å². The summed E-state index contributed by atoms with van der Waals surface area (Å²) in [4.78, 5) is 11.9. The van der Waals surface area contributed by atoms with E-state index in [-0.39, 0.29) is 5.91 Å². The molecule has 0 saturated heterocycles. The number of halogens is 2. The van der Waals surface area contributed by atoms with E-state index >= 15 is 0 Å². The molecule has 0 radical (unpaired) electrons. The van der Waals surface area contributed by atoms with Crippen LogP contribution in [-0.4, -0.2) is 22.2 Å². The van der Waals surface area contributed by atoms with Gasteiger partial charge >= 0.3 is 0 Å². The molecular weight excluding hydrogens is 330 g/mol. The summed E-state index contributed by atoms with van der Waals surface area (Å²) in [5.74, 6) is -0.124. The third-order valence-electron chi connectivity index (χ3n) is 2.57. The first kappa shape index (κ1) is 14.1. The normalized spacial score (nSPS) is 10.5. The minimum atomic E-state index is -0.124. The first-order chi connectivity index (χ1) is 9.06. The molecule has 0 spiro atoms. The van der Waals surface area contributed by atoms with Gasteiger partial charge in [-0.3, -0.25) is 9.48 Å². The van der Waals surface area contributed by atoms with Crippen molar-refractivity contribution in [2.45, 2.75) is 13.5 Å². The van der Waals surface area contributed by atoms with Crippen molar-refractivity contribution < 1.29 is 4.79 Å². The SMILES string of the molecule is Cc1cnn(CCNC(=O)c2ccc(Cl)c(Br)c2)c1. The molecule has 0 aliphatic heterocycles. The van der Waals surface area contributed by atoms with Crippen LogP contribution < -0.4 is 5.32 Å². The smallest absolute Gasteiger partial charge is 0.251 e. The van der Waals surface area contributed by atoms with Crippen LogP contribution in [0.5, 0.6) is 0 Å². The molecule has 0 aliphatic rings. The maximum Gasteiger partial charge on any atom is 0.251 e. The molecule has 0 fully saturated rings. The van der Waals surface area contributed by atoms with Crippen LogP contribution in [0.2, 0.25) is 5.02 Å². The zero-order valence-electron chi connectivity index (χ0n) is 10.4. The van der Waals surface area contributed by atoms with E-state index in [4.69, 9.17) is 11.6 Å². The summed E-state index contributed by atoms with van der Waals surface area (Å²) in [6.45, 7) is 3.15. The summed E-state index contributed by atoms with van der Waals surface area (Å²) in [6.07, 6.45) is 3.73. The fraction of sp³-hybridized carbons (Fsp3) is 0.231. The predicted molar refractivity (Wildman–Crippen MR) is 78.4 cm³/mol. The number of amides is 1. The van der Waals surface area contributed by atoms with Gasteiger partial charge in [0, 0.05) is 22.8 Å². The number of rotatable bonds is 4. The highest BCUT2D eigenvalue weighted by Crippen LogP contribution is 2.23. The van der Waals surface area contributed by atoms with Gasteiger partial charge in [-0.1, -0.05) is 11.6 Å². The highest BCUT2D eigenvalue weighted by molar-refractivity contribution is 9.10. The molecule has 1 N–H and O–H groups in total. The summed E-state index contributed by atoms with van der Waals surface area (Å²) in [7, 11) is 0. The van der Waals surface area contributed by atoms with E-state index in [1.54, 1.807) is 29.1 Å². The summed E-state index contributed by atoms with van der Waals surface area (Å²) in [6, 6.07) is 5.09. The molecule has 0 aliphatic carbocycles. The van der Waals surface area contributed by atoms with Gasteiger partial charge in [0.1, 0.15) is 0 Å². The molecule has 1 heterocycles. The Hall–Kier alpha value is -1.33. The van der Waals surface area contributed by atoms with E-state index in [2.05, 4.69) is 26.3 Å². The molecule has 0 saturated carbocycles. The summed E-state index contributed by atoms with van der Waals surface area (Å²) >= 11 is 9.18. The topological polar surface area (TPSA) is 46.9 Å². The Bertz CT molecular complexity index is 597. The molecule has 1 aromatic heterocycles. The fourth-order valence-corrected chi connectivity index (χ4v) is 2.11. The Morgan fingerprint density at radius 2 is 2.32 bits per heavy atom. The van der Waals surface area contributed by atoms with Crippen LogP contribution in [0.25, 0.3) is 0 Å². The van der Waals surface area contributed by atoms with Crippen LogP contribution >= 0.6 is 27.5 Å². The van der Waals surface area contributed by atoms with E-state index in [0.717, 1.165) is 5.56 Å². The lowest BCUT2D eigenvalue weighted by Crippen LogP contribution is -2.27. The van der Waals surface area contributed by atoms with Gasteiger partial charge in [-0.15, -0.1) is 0 Å². The first-order valence-corrected chi connectivity index (χ1v) is 6.95. The number of aromatic nitrogens is 2. The second-order valence-corrected chi connectivity index (χ2v) is 5.43. The number of nitrogens with one attached hydrogen (secondary N) is 1. The number of carbonyl (C=O) groups excluding carboxylic acids is 1. The molecule has 0 unspecified atom stereocenters. The minimum absolute atomic E-state index is 0.124. The van der Waals surface area contributed by atoms with Crippen molar-refractivity contribution in [3.8, 4) is 0 Å². The molecule has 2 aromatic rings. The third kappa shape index (κ3) is 3.81. The van der Waals surface area contributed by atoms with Gasteiger partial charge in [0.2, 0.25) is 0 Å². The van der Waals surface area contributed by atoms with Gasteiger partial charge in [-0.05, 0) is 46.6 Å². The Labute approximate surface area is 124 Å². The minimum Gasteiger partial charge on any atom is -0.350 e. The van der Waals surface area contributed by atoms with Crippen LogP contribution in [0.4, 0.5) is 0 Å². The van der Waals surface area contributed by atoms with Crippen LogP contribution in [0.3, 0.4) is 0 Å². The lowest BCUT2D eigenvalue weighted by atomic mass is 10.2. The molecule has 1 aromatic carbocycles. The summed E-state index contributed by atoms with van der Waals surface area (Å²) in [5.41, 5.74) is 1.68. The maximum atomic E-state index is 11.9. The van der Waals surface area contributed by atoms with Crippen LogP contribution in [-0.2, 0) is 6.54 Å². The second kappa shape index (κ2) is 6.21. The average Bonchev–Trinajstić information content (AvgIpc) is 2.78. The van der Waals surface area contributed by atoms with Crippen LogP contribution in [0.15, 0.2) is 35.1 Å². The number of hydrogen-bond donors (Lipinski definition) is 1. The fourth-order valence-electron chi connectivity index (χ4n) is 1.61. The lowest BCUT2D eigenvalue weighted by Gasteiger charge is -2.06. The molecule has 2 rings (SSSR count). The van der Waals surface area contributed by atoms with E-state index in [1.165, 1.54) is 0 Å². The molecule has 4 nitrogen and oxygen atoms in total. The second-order valence-electron chi connectivity index (χ2n) is 4.17. The predicted octanol–water partition coefficient (Wildman–Crippen LogP) is 3.04. The van der Waals surface area contributed by atoms with Crippen molar-refractivity contribution in [2.24, 2.45) is 0 Å². The highest BCUT2D eigenvalue weighted by atomic mass is 79.9. The molecular formula is C13H13BrClN3O. The molecule has 6 heteroatoms. The van der Waals surface area contributed by atoms with Gasteiger partial charge in [0.15, 0.2) is 0 Å².